The van der Waals surface area contributed by atoms with E-state index in [-0.39, 0.29) is 17.4 Å². The number of carbonyl (C=O) groups excluding carboxylic acids is 1. The second kappa shape index (κ2) is 9.41. The predicted octanol–water partition coefficient (Wildman–Crippen LogP) is 5.08. The van der Waals surface area contributed by atoms with Crippen LogP contribution in [0.3, 0.4) is 0 Å². The fourth-order valence-corrected chi connectivity index (χ4v) is 4.14. The van der Waals surface area contributed by atoms with E-state index in [1.807, 2.05) is 32.9 Å². The number of aryl methyl sites for hydroxylation is 2. The largest absolute Gasteiger partial charge is 0.484 e. The average Bonchev–Trinajstić information content (AvgIpc) is 2.73. The maximum absolute atomic E-state index is 12.7. The zero-order chi connectivity index (χ0) is 22.6. The van der Waals surface area contributed by atoms with E-state index in [0.29, 0.717) is 22.1 Å². The molecule has 6 nitrogen and oxygen atoms in total. The average molecular weight is 459 g/mol. The second-order valence-corrected chi connectivity index (χ2v) is 9.23. The number of hydrogen-bond donors (Lipinski definition) is 2. The highest BCUT2D eigenvalue weighted by Crippen LogP contribution is 2.24. The van der Waals surface area contributed by atoms with E-state index in [2.05, 4.69) is 10.0 Å². The molecule has 0 bridgehead atoms. The summed E-state index contributed by atoms with van der Waals surface area (Å²) in [6.45, 7) is 5.32. The molecule has 0 saturated heterocycles. The minimum atomic E-state index is -3.75. The fourth-order valence-electron chi connectivity index (χ4n) is 2.84. The van der Waals surface area contributed by atoms with E-state index < -0.39 is 10.0 Å². The van der Waals surface area contributed by atoms with E-state index in [9.17, 15) is 13.2 Å². The van der Waals surface area contributed by atoms with Gasteiger partial charge in [0.25, 0.3) is 15.9 Å². The lowest BCUT2D eigenvalue weighted by Crippen LogP contribution is -2.20. The Morgan fingerprint density at radius 2 is 1.68 bits per heavy atom. The van der Waals surface area contributed by atoms with Crippen LogP contribution in [0.5, 0.6) is 5.75 Å². The Morgan fingerprint density at radius 3 is 2.39 bits per heavy atom. The van der Waals surface area contributed by atoms with Crippen LogP contribution in [0.4, 0.5) is 11.4 Å². The number of benzene rings is 3. The van der Waals surface area contributed by atoms with Gasteiger partial charge < -0.3 is 10.1 Å². The zero-order valence-corrected chi connectivity index (χ0v) is 19.0. The number of ether oxygens (including phenoxy) is 1. The Balaban J connectivity index is 1.62. The molecule has 0 saturated carbocycles. The van der Waals surface area contributed by atoms with Crippen molar-refractivity contribution in [2.75, 3.05) is 16.6 Å². The van der Waals surface area contributed by atoms with Crippen LogP contribution in [0.25, 0.3) is 0 Å². The molecule has 162 valence electrons. The van der Waals surface area contributed by atoms with Gasteiger partial charge >= 0.3 is 0 Å². The van der Waals surface area contributed by atoms with Crippen molar-refractivity contribution in [1.82, 2.24) is 0 Å². The highest BCUT2D eigenvalue weighted by molar-refractivity contribution is 7.92. The Labute approximate surface area is 187 Å². The molecule has 0 aliphatic heterocycles. The molecule has 3 aromatic rings. The summed E-state index contributed by atoms with van der Waals surface area (Å²) in [4.78, 5) is 12.3. The van der Waals surface area contributed by atoms with Crippen LogP contribution in [0.15, 0.2) is 65.6 Å². The highest BCUT2D eigenvalue weighted by Gasteiger charge is 2.16. The number of anilines is 2. The molecule has 0 radical (unpaired) electrons. The van der Waals surface area contributed by atoms with Gasteiger partial charge in [-0.2, -0.15) is 0 Å². The molecule has 0 fully saturated rings. The number of halogens is 1. The molecule has 1 amide bonds. The van der Waals surface area contributed by atoms with Gasteiger partial charge in [0.2, 0.25) is 0 Å². The third-order valence-corrected chi connectivity index (χ3v) is 6.47. The first-order valence-electron chi connectivity index (χ1n) is 9.53. The Hall–Kier alpha value is -3.03. The fraction of sp³-hybridized carbons (Fsp3) is 0.174. The van der Waals surface area contributed by atoms with Gasteiger partial charge in [0.15, 0.2) is 6.61 Å². The lowest BCUT2D eigenvalue weighted by Gasteiger charge is -2.12. The van der Waals surface area contributed by atoms with Gasteiger partial charge in [-0.05, 0) is 79.9 Å². The molecule has 0 spiro atoms. The van der Waals surface area contributed by atoms with Crippen LogP contribution in [0.2, 0.25) is 5.02 Å². The van der Waals surface area contributed by atoms with Crippen LogP contribution in [-0.2, 0) is 14.8 Å². The quantitative estimate of drug-likeness (QED) is 0.516. The van der Waals surface area contributed by atoms with Crippen LogP contribution >= 0.6 is 11.6 Å². The highest BCUT2D eigenvalue weighted by atomic mass is 35.5. The molecule has 3 aromatic carbocycles. The molecule has 0 heterocycles. The van der Waals surface area contributed by atoms with Gasteiger partial charge in [-0.1, -0.05) is 29.8 Å². The molecule has 0 aliphatic carbocycles. The monoisotopic (exact) mass is 458 g/mol. The predicted molar refractivity (Wildman–Crippen MR) is 123 cm³/mol. The Kier molecular flexibility index (Phi) is 6.87. The Bertz CT molecular complexity index is 1210. The smallest absolute Gasteiger partial charge is 0.262 e. The zero-order valence-electron chi connectivity index (χ0n) is 17.4. The maximum atomic E-state index is 12.7. The SMILES string of the molecule is Cc1ccc(C)c(NS(=O)(=O)c2ccc(OCC(=O)Nc3cccc(Cl)c3C)cc2)c1. The van der Waals surface area contributed by atoms with Crippen LogP contribution < -0.4 is 14.8 Å². The summed E-state index contributed by atoms with van der Waals surface area (Å²) < 4.78 is 33.4. The minimum absolute atomic E-state index is 0.0970. The van der Waals surface area contributed by atoms with Gasteiger partial charge in [0.1, 0.15) is 5.75 Å². The van der Waals surface area contributed by atoms with Crippen molar-refractivity contribution in [1.29, 1.82) is 0 Å². The molecule has 0 atom stereocenters. The van der Waals surface area contributed by atoms with E-state index in [1.165, 1.54) is 24.3 Å². The standard InChI is InChI=1S/C23H23ClN2O4S/c1-15-7-8-16(2)22(13-15)26-31(28,29)19-11-9-18(10-12-19)30-14-23(27)25-21-6-4-5-20(24)17(21)3/h4-13,26H,14H2,1-3H3,(H,25,27). The normalized spacial score (nSPS) is 11.1. The molecule has 2 N–H and O–H groups in total. The van der Waals surface area contributed by atoms with Gasteiger partial charge in [-0.25, -0.2) is 8.42 Å². The van der Waals surface area contributed by atoms with Crippen molar-refractivity contribution >= 4 is 38.9 Å². The van der Waals surface area contributed by atoms with E-state index in [4.69, 9.17) is 16.3 Å². The van der Waals surface area contributed by atoms with Gasteiger partial charge in [-0.3, -0.25) is 9.52 Å². The number of sulfonamides is 1. The molecule has 0 unspecified atom stereocenters. The summed E-state index contributed by atoms with van der Waals surface area (Å²) in [6, 6.07) is 16.7. The van der Waals surface area contributed by atoms with Crippen molar-refractivity contribution in [2.45, 2.75) is 25.7 Å². The molecule has 8 heteroatoms. The third kappa shape index (κ3) is 5.77. The number of rotatable bonds is 7. The molecule has 0 aromatic heterocycles. The van der Waals surface area contributed by atoms with Crippen molar-refractivity contribution in [3.05, 3.63) is 82.4 Å². The third-order valence-electron chi connectivity index (χ3n) is 4.68. The van der Waals surface area contributed by atoms with Gasteiger partial charge in [-0.15, -0.1) is 0 Å². The van der Waals surface area contributed by atoms with Crippen LogP contribution in [0.1, 0.15) is 16.7 Å². The van der Waals surface area contributed by atoms with Crippen molar-refractivity contribution < 1.29 is 17.9 Å². The van der Waals surface area contributed by atoms with Crippen molar-refractivity contribution in [2.24, 2.45) is 0 Å². The first-order valence-corrected chi connectivity index (χ1v) is 11.4. The summed E-state index contributed by atoms with van der Waals surface area (Å²) in [5, 5.41) is 3.30. The van der Waals surface area contributed by atoms with E-state index >= 15 is 0 Å². The lowest BCUT2D eigenvalue weighted by molar-refractivity contribution is -0.118. The summed E-state index contributed by atoms with van der Waals surface area (Å²) in [7, 11) is -3.75. The molecular formula is C23H23ClN2O4S. The van der Waals surface area contributed by atoms with Gasteiger partial charge in [0, 0.05) is 10.7 Å². The van der Waals surface area contributed by atoms with Crippen LogP contribution in [-0.4, -0.2) is 20.9 Å². The van der Waals surface area contributed by atoms with Gasteiger partial charge in [0.05, 0.1) is 10.6 Å². The first-order chi connectivity index (χ1) is 14.7. The summed E-state index contributed by atoms with van der Waals surface area (Å²) in [5.41, 5.74) is 3.70. The topological polar surface area (TPSA) is 84.5 Å². The second-order valence-electron chi connectivity index (χ2n) is 7.14. The summed E-state index contributed by atoms with van der Waals surface area (Å²) >= 11 is 6.05. The maximum Gasteiger partial charge on any atom is 0.262 e. The lowest BCUT2D eigenvalue weighted by atomic mass is 10.1. The number of carbonyl (C=O) groups is 1. The Morgan fingerprint density at radius 1 is 0.968 bits per heavy atom. The van der Waals surface area contributed by atoms with Crippen molar-refractivity contribution in [3.63, 3.8) is 0 Å². The van der Waals surface area contributed by atoms with E-state index in [1.54, 1.807) is 24.3 Å². The minimum Gasteiger partial charge on any atom is -0.484 e. The first kappa shape index (κ1) is 22.7. The molecular weight excluding hydrogens is 436 g/mol. The van der Waals surface area contributed by atoms with E-state index in [0.717, 1.165) is 16.7 Å². The number of amides is 1. The van der Waals surface area contributed by atoms with Crippen LogP contribution in [0, 0.1) is 20.8 Å². The number of nitrogens with one attached hydrogen (secondary N) is 2. The van der Waals surface area contributed by atoms with Crippen molar-refractivity contribution in [3.8, 4) is 5.75 Å². The molecule has 3 rings (SSSR count). The number of hydrogen-bond acceptors (Lipinski definition) is 4. The molecule has 0 aliphatic rings. The molecule has 31 heavy (non-hydrogen) atoms. The summed E-state index contributed by atoms with van der Waals surface area (Å²) in [5.74, 6) is 0.0299. The summed E-state index contributed by atoms with van der Waals surface area (Å²) in [6.07, 6.45) is 0.